The van der Waals surface area contributed by atoms with Crippen molar-refractivity contribution in [2.75, 3.05) is 6.61 Å². The third-order valence-corrected chi connectivity index (χ3v) is 6.15. The molecule has 3 nitrogen and oxygen atoms in total. The van der Waals surface area contributed by atoms with E-state index in [0.29, 0.717) is 0 Å². The molecule has 0 bridgehead atoms. The van der Waals surface area contributed by atoms with Crippen LogP contribution in [0.15, 0.2) is 70.5 Å². The molecule has 0 aliphatic heterocycles. The average molecular weight is 437 g/mol. The van der Waals surface area contributed by atoms with Gasteiger partial charge in [-0.05, 0) is 30.7 Å². The van der Waals surface area contributed by atoms with Gasteiger partial charge in [0.05, 0.1) is 11.5 Å². The number of rotatable bonds is 13. The molecule has 0 amide bonds. The zero-order chi connectivity index (χ0) is 21.2. The Hall–Kier alpha value is -1.30. The molecule has 2 rings (SSSR count). The fraction of sp³-hybridized carbons (Fsp3) is 0.500. The minimum Gasteiger partial charge on any atom is -0.266 e. The van der Waals surface area contributed by atoms with Gasteiger partial charge in [0.15, 0.2) is 0 Å². The highest BCUT2D eigenvalue weighted by atomic mass is 32.2. The highest BCUT2D eigenvalue weighted by Gasteiger charge is 2.13. The van der Waals surface area contributed by atoms with Crippen molar-refractivity contribution in [2.24, 2.45) is 0 Å². The lowest BCUT2D eigenvalue weighted by atomic mass is 10.1. The molecule has 0 fully saturated rings. The van der Waals surface area contributed by atoms with Gasteiger partial charge in [-0.15, -0.1) is 12.6 Å². The van der Waals surface area contributed by atoms with Crippen LogP contribution < -0.4 is 0 Å². The van der Waals surface area contributed by atoms with Gasteiger partial charge in [0.25, 0.3) is 10.1 Å². The lowest BCUT2D eigenvalue weighted by Gasteiger charge is -2.05. The van der Waals surface area contributed by atoms with E-state index in [-0.39, 0.29) is 11.5 Å². The Morgan fingerprint density at radius 1 is 0.690 bits per heavy atom. The van der Waals surface area contributed by atoms with Gasteiger partial charge < -0.3 is 0 Å². The maximum atomic E-state index is 11.9. The zero-order valence-electron chi connectivity index (χ0n) is 17.6. The summed E-state index contributed by atoms with van der Waals surface area (Å²) < 4.78 is 28.8. The van der Waals surface area contributed by atoms with Crippen LogP contribution in [0.25, 0.3) is 0 Å². The Labute approximate surface area is 183 Å². The summed E-state index contributed by atoms with van der Waals surface area (Å²) in [7, 11) is -3.57. The molecular weight excluding hydrogens is 400 g/mol. The van der Waals surface area contributed by atoms with E-state index in [1.165, 1.54) is 51.4 Å². The molecule has 0 atom stereocenters. The van der Waals surface area contributed by atoms with Gasteiger partial charge in [0, 0.05) is 4.90 Å². The quantitative estimate of drug-likeness (QED) is 0.204. The summed E-state index contributed by atoms with van der Waals surface area (Å²) in [6, 6.07) is 18.1. The Bertz CT molecular complexity index is 716. The number of hydrogen-bond donors (Lipinski definition) is 1. The van der Waals surface area contributed by atoms with E-state index in [1.807, 2.05) is 30.3 Å². The maximum absolute atomic E-state index is 11.9. The molecular formula is C24H36O3S2. The molecule has 0 aliphatic carbocycles. The molecule has 0 radical (unpaired) electrons. The fourth-order valence-corrected chi connectivity index (χ4v) is 3.98. The van der Waals surface area contributed by atoms with Crippen LogP contribution in [-0.2, 0) is 14.3 Å². The summed E-state index contributed by atoms with van der Waals surface area (Å²) in [5.74, 6) is 0. The molecule has 0 N–H and O–H groups in total. The smallest absolute Gasteiger partial charge is 0.266 e. The Balaban J connectivity index is 0.000000502. The van der Waals surface area contributed by atoms with Crippen molar-refractivity contribution in [2.45, 2.75) is 80.9 Å². The molecule has 0 aliphatic rings. The molecule has 0 heterocycles. The van der Waals surface area contributed by atoms with Crippen LogP contribution in [0.3, 0.4) is 0 Å². The van der Waals surface area contributed by atoms with E-state index < -0.39 is 10.1 Å². The normalized spacial score (nSPS) is 11.0. The van der Waals surface area contributed by atoms with Gasteiger partial charge in [0.1, 0.15) is 0 Å². The predicted molar refractivity (Wildman–Crippen MR) is 125 cm³/mol. The van der Waals surface area contributed by atoms with E-state index >= 15 is 0 Å². The number of unbranched alkanes of at least 4 members (excludes halogenated alkanes) is 9. The van der Waals surface area contributed by atoms with Crippen LogP contribution in [0.5, 0.6) is 0 Å². The predicted octanol–water partition coefficient (Wildman–Crippen LogP) is 7.29. The molecule has 0 unspecified atom stereocenters. The lowest BCUT2D eigenvalue weighted by Crippen LogP contribution is -2.07. The second-order valence-corrected chi connectivity index (χ2v) is 9.24. The van der Waals surface area contributed by atoms with Crippen LogP contribution in [0.2, 0.25) is 0 Å². The van der Waals surface area contributed by atoms with Gasteiger partial charge in [0.2, 0.25) is 0 Å². The third-order valence-electron chi connectivity index (χ3n) is 4.52. The number of benzene rings is 2. The van der Waals surface area contributed by atoms with E-state index in [2.05, 4.69) is 19.6 Å². The first-order chi connectivity index (χ1) is 14.1. The van der Waals surface area contributed by atoms with Crippen LogP contribution in [0, 0.1) is 0 Å². The van der Waals surface area contributed by atoms with Gasteiger partial charge in [-0.2, -0.15) is 8.42 Å². The van der Waals surface area contributed by atoms with Crippen LogP contribution in [0.4, 0.5) is 0 Å². The molecule has 29 heavy (non-hydrogen) atoms. The van der Waals surface area contributed by atoms with Crippen LogP contribution in [0.1, 0.15) is 71.1 Å². The highest BCUT2D eigenvalue weighted by molar-refractivity contribution is 7.86. The van der Waals surface area contributed by atoms with E-state index in [9.17, 15) is 8.42 Å². The van der Waals surface area contributed by atoms with E-state index in [0.717, 1.165) is 17.7 Å². The maximum Gasteiger partial charge on any atom is 0.296 e. The van der Waals surface area contributed by atoms with Gasteiger partial charge >= 0.3 is 0 Å². The largest absolute Gasteiger partial charge is 0.296 e. The first-order valence-corrected chi connectivity index (χ1v) is 12.6. The molecule has 0 spiro atoms. The first-order valence-electron chi connectivity index (χ1n) is 10.7. The van der Waals surface area contributed by atoms with Crippen molar-refractivity contribution < 1.29 is 12.6 Å². The second-order valence-electron chi connectivity index (χ2n) is 7.11. The van der Waals surface area contributed by atoms with Gasteiger partial charge in [-0.1, -0.05) is 101 Å². The van der Waals surface area contributed by atoms with Crippen molar-refractivity contribution in [3.8, 4) is 0 Å². The molecule has 0 aromatic heterocycles. The highest BCUT2D eigenvalue weighted by Crippen LogP contribution is 2.13. The average Bonchev–Trinajstić information content (AvgIpc) is 2.74. The van der Waals surface area contributed by atoms with Crippen LogP contribution >= 0.6 is 12.6 Å². The summed E-state index contributed by atoms with van der Waals surface area (Å²) in [6.07, 6.45) is 12.3. The number of hydrogen-bond acceptors (Lipinski definition) is 4. The Morgan fingerprint density at radius 2 is 1.14 bits per heavy atom. The fourth-order valence-electron chi connectivity index (χ4n) is 2.84. The van der Waals surface area contributed by atoms with Gasteiger partial charge in [-0.3, -0.25) is 4.18 Å². The first kappa shape index (κ1) is 25.7. The standard InChI is InChI=1S/C18H30O3S.C6H6S/c1-2-3-4-5-6-7-8-9-10-14-17-21-22(19,20)18-15-12-11-13-16-18;7-6-4-2-1-3-5-6/h11-13,15-16H,2-10,14,17H2,1H3;1-5,7H. The summed E-state index contributed by atoms with van der Waals surface area (Å²) in [5.41, 5.74) is 0. The summed E-state index contributed by atoms with van der Waals surface area (Å²) in [5, 5.41) is 0. The van der Waals surface area contributed by atoms with Crippen molar-refractivity contribution in [1.29, 1.82) is 0 Å². The van der Waals surface area contributed by atoms with Crippen molar-refractivity contribution in [3.05, 3.63) is 60.7 Å². The molecule has 2 aromatic carbocycles. The van der Waals surface area contributed by atoms with Gasteiger partial charge in [-0.25, -0.2) is 0 Å². The van der Waals surface area contributed by atoms with E-state index in [1.54, 1.807) is 30.3 Å². The Morgan fingerprint density at radius 3 is 1.59 bits per heavy atom. The van der Waals surface area contributed by atoms with Crippen molar-refractivity contribution in [3.63, 3.8) is 0 Å². The summed E-state index contributed by atoms with van der Waals surface area (Å²) in [4.78, 5) is 1.25. The molecule has 5 heteroatoms. The minimum atomic E-state index is -3.57. The molecule has 0 saturated carbocycles. The lowest BCUT2D eigenvalue weighted by molar-refractivity contribution is 0.306. The van der Waals surface area contributed by atoms with Crippen LogP contribution in [-0.4, -0.2) is 15.0 Å². The second kappa shape index (κ2) is 16.5. The SMILES string of the molecule is CCCCCCCCCCCCOS(=O)(=O)c1ccccc1.Sc1ccccc1. The summed E-state index contributed by atoms with van der Waals surface area (Å²) >= 11 is 4.08. The minimum absolute atomic E-state index is 0.238. The summed E-state index contributed by atoms with van der Waals surface area (Å²) in [6.45, 7) is 2.52. The number of thiol groups is 1. The third kappa shape index (κ3) is 13.5. The topological polar surface area (TPSA) is 43.4 Å². The molecule has 2 aromatic rings. The Kier molecular flexibility index (Phi) is 14.6. The molecule has 0 saturated heterocycles. The molecule has 162 valence electrons. The van der Waals surface area contributed by atoms with Crippen molar-refractivity contribution >= 4 is 22.7 Å². The van der Waals surface area contributed by atoms with E-state index in [4.69, 9.17) is 4.18 Å². The monoisotopic (exact) mass is 436 g/mol. The zero-order valence-corrected chi connectivity index (χ0v) is 19.3. The van der Waals surface area contributed by atoms with Crippen molar-refractivity contribution in [1.82, 2.24) is 0 Å².